The Morgan fingerprint density at radius 1 is 1.07 bits per heavy atom. The van der Waals surface area contributed by atoms with Crippen LogP contribution in [0, 0.1) is 0 Å². The van der Waals surface area contributed by atoms with Crippen molar-refractivity contribution in [1.82, 2.24) is 15.0 Å². The Labute approximate surface area is 166 Å². The number of benzene rings is 2. The zero-order valence-corrected chi connectivity index (χ0v) is 16.1. The van der Waals surface area contributed by atoms with Crippen molar-refractivity contribution in [3.05, 3.63) is 58.4 Å². The van der Waals surface area contributed by atoms with Gasteiger partial charge < -0.3 is 18.9 Å². The predicted octanol–water partition coefficient (Wildman–Crippen LogP) is 2.03. The smallest absolute Gasteiger partial charge is 0.332 e. The van der Waals surface area contributed by atoms with Gasteiger partial charge in [-0.1, -0.05) is 17.3 Å². The van der Waals surface area contributed by atoms with Crippen molar-refractivity contribution >= 4 is 22.9 Å². The van der Waals surface area contributed by atoms with E-state index < -0.39 is 11.5 Å². The minimum atomic E-state index is -0.652. The molecule has 0 amide bonds. The standard InChI is InChI=1S/C20H19N3O6/c1-26-16-10-13(11-17(27-2)19(16)28-3)8-9-18(24)29-12-23-20(25)14-6-4-5-7-15(14)21-22-23/h4-11H,12H2,1-3H3. The number of fused-ring (bicyclic) bond motifs is 1. The van der Waals surface area contributed by atoms with Gasteiger partial charge in [0.05, 0.1) is 26.7 Å². The first-order valence-electron chi connectivity index (χ1n) is 8.54. The third-order valence-electron chi connectivity index (χ3n) is 4.06. The number of carbonyl (C=O) groups is 1. The van der Waals surface area contributed by atoms with Gasteiger partial charge >= 0.3 is 5.97 Å². The quantitative estimate of drug-likeness (QED) is 0.441. The van der Waals surface area contributed by atoms with E-state index in [2.05, 4.69) is 10.3 Å². The molecule has 0 fully saturated rings. The predicted molar refractivity (Wildman–Crippen MR) is 105 cm³/mol. The molecule has 0 atom stereocenters. The molecule has 0 N–H and O–H groups in total. The summed E-state index contributed by atoms with van der Waals surface area (Å²) in [6.07, 6.45) is 2.75. The summed E-state index contributed by atoms with van der Waals surface area (Å²) >= 11 is 0. The Hall–Kier alpha value is -3.88. The number of nitrogens with zero attached hydrogens (tertiary/aromatic N) is 3. The Kier molecular flexibility index (Phi) is 6.08. The van der Waals surface area contributed by atoms with E-state index in [4.69, 9.17) is 18.9 Å². The lowest BCUT2D eigenvalue weighted by Crippen LogP contribution is -2.26. The Balaban J connectivity index is 1.72. The maximum atomic E-state index is 12.3. The van der Waals surface area contributed by atoms with Crippen LogP contribution in [-0.4, -0.2) is 42.3 Å². The van der Waals surface area contributed by atoms with Crippen LogP contribution in [0.15, 0.2) is 47.3 Å². The molecule has 1 aromatic heterocycles. The highest BCUT2D eigenvalue weighted by Crippen LogP contribution is 2.38. The zero-order valence-electron chi connectivity index (χ0n) is 16.1. The fourth-order valence-corrected chi connectivity index (χ4v) is 2.64. The molecule has 3 aromatic rings. The molecule has 0 unspecified atom stereocenters. The number of carbonyl (C=O) groups excluding carboxylic acids is 1. The third-order valence-corrected chi connectivity index (χ3v) is 4.06. The van der Waals surface area contributed by atoms with Crippen molar-refractivity contribution in [2.75, 3.05) is 21.3 Å². The molecule has 2 aromatic carbocycles. The summed E-state index contributed by atoms with van der Waals surface area (Å²) in [5, 5.41) is 8.09. The fraction of sp³-hybridized carbons (Fsp3) is 0.200. The number of hydrogen-bond donors (Lipinski definition) is 0. The second kappa shape index (κ2) is 8.87. The van der Waals surface area contributed by atoms with Gasteiger partial charge in [-0.25, -0.2) is 4.79 Å². The summed E-state index contributed by atoms with van der Waals surface area (Å²) in [4.78, 5) is 24.4. The van der Waals surface area contributed by atoms with Crippen molar-refractivity contribution < 1.29 is 23.7 Å². The number of esters is 1. The van der Waals surface area contributed by atoms with Gasteiger partial charge in [0.1, 0.15) is 5.52 Å². The molecule has 0 aliphatic heterocycles. The Bertz CT molecular complexity index is 1100. The molecule has 1 heterocycles. The van der Waals surface area contributed by atoms with E-state index in [0.29, 0.717) is 33.7 Å². The molecule has 0 aliphatic carbocycles. The summed E-state index contributed by atoms with van der Waals surface area (Å²) < 4.78 is 21.9. The summed E-state index contributed by atoms with van der Waals surface area (Å²) in [7, 11) is 4.51. The van der Waals surface area contributed by atoms with Crippen molar-refractivity contribution in [1.29, 1.82) is 0 Å². The molecular weight excluding hydrogens is 378 g/mol. The third kappa shape index (κ3) is 4.34. The zero-order chi connectivity index (χ0) is 20.8. The van der Waals surface area contributed by atoms with E-state index in [9.17, 15) is 9.59 Å². The lowest BCUT2D eigenvalue weighted by Gasteiger charge is -2.12. The monoisotopic (exact) mass is 397 g/mol. The van der Waals surface area contributed by atoms with Crippen LogP contribution >= 0.6 is 0 Å². The minimum absolute atomic E-state index is 0.352. The summed E-state index contributed by atoms with van der Waals surface area (Å²) in [5.41, 5.74) is 0.721. The molecule has 29 heavy (non-hydrogen) atoms. The molecule has 9 heteroatoms. The van der Waals surface area contributed by atoms with E-state index in [1.807, 2.05) is 0 Å². The summed E-state index contributed by atoms with van der Waals surface area (Å²) in [6, 6.07) is 10.2. The van der Waals surface area contributed by atoms with Crippen molar-refractivity contribution in [2.24, 2.45) is 0 Å². The largest absolute Gasteiger partial charge is 0.493 e. The second-order valence-corrected chi connectivity index (χ2v) is 5.80. The lowest BCUT2D eigenvalue weighted by atomic mass is 10.1. The van der Waals surface area contributed by atoms with Gasteiger partial charge in [-0.05, 0) is 35.9 Å². The molecule has 150 valence electrons. The molecule has 0 aliphatic rings. The number of rotatable bonds is 7. The molecule has 0 saturated carbocycles. The molecular formula is C20H19N3O6. The van der Waals surface area contributed by atoms with Gasteiger partial charge in [-0.3, -0.25) is 4.79 Å². The van der Waals surface area contributed by atoms with Gasteiger partial charge in [0.25, 0.3) is 5.56 Å². The van der Waals surface area contributed by atoms with Crippen molar-refractivity contribution in [3.63, 3.8) is 0 Å². The molecule has 0 spiro atoms. The summed E-state index contributed by atoms with van der Waals surface area (Å²) in [5.74, 6) is 0.709. The van der Waals surface area contributed by atoms with Crippen LogP contribution < -0.4 is 19.8 Å². The maximum Gasteiger partial charge on any atom is 0.332 e. The van der Waals surface area contributed by atoms with Crippen LogP contribution in [0.1, 0.15) is 5.56 Å². The fourth-order valence-electron chi connectivity index (χ4n) is 2.64. The first-order chi connectivity index (χ1) is 14.1. The van der Waals surface area contributed by atoms with Crippen molar-refractivity contribution in [2.45, 2.75) is 6.73 Å². The number of ether oxygens (including phenoxy) is 4. The second-order valence-electron chi connectivity index (χ2n) is 5.80. The van der Waals surface area contributed by atoms with Crippen LogP contribution in [-0.2, 0) is 16.3 Å². The van der Waals surface area contributed by atoms with Crippen LogP contribution in [0.3, 0.4) is 0 Å². The highest BCUT2D eigenvalue weighted by atomic mass is 16.5. The van der Waals surface area contributed by atoms with Crippen LogP contribution in [0.2, 0.25) is 0 Å². The average molecular weight is 397 g/mol. The highest BCUT2D eigenvalue weighted by molar-refractivity contribution is 5.87. The van der Waals surface area contributed by atoms with Gasteiger partial charge in [-0.2, -0.15) is 4.68 Å². The SMILES string of the molecule is COc1cc(C=CC(=O)OCn2nnc3ccccc3c2=O)cc(OC)c1OC. The van der Waals surface area contributed by atoms with Crippen molar-refractivity contribution in [3.8, 4) is 17.2 Å². The first-order valence-corrected chi connectivity index (χ1v) is 8.54. The van der Waals surface area contributed by atoms with E-state index >= 15 is 0 Å². The molecule has 9 nitrogen and oxygen atoms in total. The highest BCUT2D eigenvalue weighted by Gasteiger charge is 2.12. The molecule has 0 radical (unpaired) electrons. The lowest BCUT2D eigenvalue weighted by molar-refractivity contribution is -0.141. The Morgan fingerprint density at radius 2 is 1.76 bits per heavy atom. The van der Waals surface area contributed by atoms with E-state index in [1.54, 1.807) is 36.4 Å². The van der Waals surface area contributed by atoms with Crippen LogP contribution in [0.4, 0.5) is 0 Å². The number of methoxy groups -OCH3 is 3. The van der Waals surface area contributed by atoms with Crippen LogP contribution in [0.5, 0.6) is 17.2 Å². The molecule has 3 rings (SSSR count). The first kappa shape index (κ1) is 19.9. The van der Waals surface area contributed by atoms with Crippen LogP contribution in [0.25, 0.3) is 17.0 Å². The van der Waals surface area contributed by atoms with Gasteiger partial charge in [0, 0.05) is 6.08 Å². The maximum absolute atomic E-state index is 12.3. The normalized spacial score (nSPS) is 10.9. The van der Waals surface area contributed by atoms with Gasteiger partial charge in [0.2, 0.25) is 5.75 Å². The Morgan fingerprint density at radius 3 is 2.41 bits per heavy atom. The number of hydrogen-bond acceptors (Lipinski definition) is 8. The minimum Gasteiger partial charge on any atom is -0.493 e. The average Bonchev–Trinajstić information content (AvgIpc) is 2.76. The van der Waals surface area contributed by atoms with E-state index in [0.717, 1.165) is 4.68 Å². The molecule has 0 bridgehead atoms. The topological polar surface area (TPSA) is 102 Å². The number of aromatic nitrogens is 3. The summed E-state index contributed by atoms with van der Waals surface area (Å²) in [6.45, 7) is -0.352. The van der Waals surface area contributed by atoms with E-state index in [1.165, 1.54) is 33.5 Å². The van der Waals surface area contributed by atoms with Gasteiger partial charge in [0.15, 0.2) is 18.2 Å². The van der Waals surface area contributed by atoms with E-state index in [-0.39, 0.29) is 6.73 Å². The molecule has 0 saturated heterocycles. The van der Waals surface area contributed by atoms with Gasteiger partial charge in [-0.15, -0.1) is 5.10 Å².